The van der Waals surface area contributed by atoms with Gasteiger partial charge in [-0.25, -0.2) is 0 Å². The van der Waals surface area contributed by atoms with E-state index in [0.29, 0.717) is 18.9 Å². The summed E-state index contributed by atoms with van der Waals surface area (Å²) in [5.41, 5.74) is 2.24. The van der Waals surface area contributed by atoms with Gasteiger partial charge in [-0.2, -0.15) is 0 Å². The molecule has 0 radical (unpaired) electrons. The summed E-state index contributed by atoms with van der Waals surface area (Å²) in [7, 11) is 0. The van der Waals surface area contributed by atoms with Crippen LogP contribution in [0.1, 0.15) is 59.8 Å². The van der Waals surface area contributed by atoms with Crippen molar-refractivity contribution in [2.24, 2.45) is 0 Å². The van der Waals surface area contributed by atoms with E-state index < -0.39 is 6.10 Å². The molecule has 0 saturated heterocycles. The summed E-state index contributed by atoms with van der Waals surface area (Å²) in [5, 5.41) is 14.8. The molecule has 2 aromatic rings. The molecule has 4 heteroatoms. The first kappa shape index (κ1) is 17.7. The molecular weight excluding hydrogens is 306 g/mol. The van der Waals surface area contributed by atoms with Crippen molar-refractivity contribution in [3.05, 3.63) is 57.8 Å². The fraction of sp³-hybridized carbons (Fsp3) is 0.421. The first-order valence-electron chi connectivity index (χ1n) is 8.07. The Kier molecular flexibility index (Phi) is 6.37. The van der Waals surface area contributed by atoms with E-state index >= 15 is 0 Å². The largest absolute Gasteiger partial charge is 0.393 e. The number of thiophene rings is 1. The molecule has 0 fully saturated rings. The van der Waals surface area contributed by atoms with Gasteiger partial charge in [0.15, 0.2) is 0 Å². The Balaban J connectivity index is 2.06. The maximum Gasteiger partial charge on any atom is 0.261 e. The van der Waals surface area contributed by atoms with Gasteiger partial charge < -0.3 is 10.4 Å². The molecule has 0 aliphatic rings. The van der Waals surface area contributed by atoms with Crippen molar-refractivity contribution in [1.29, 1.82) is 0 Å². The van der Waals surface area contributed by atoms with Gasteiger partial charge in [-0.1, -0.05) is 44.2 Å². The summed E-state index contributed by atoms with van der Waals surface area (Å²) in [6.45, 7) is 6.51. The van der Waals surface area contributed by atoms with Crippen molar-refractivity contribution in [2.75, 3.05) is 6.54 Å². The van der Waals surface area contributed by atoms with Crippen molar-refractivity contribution in [3.63, 3.8) is 0 Å². The molecule has 1 aromatic carbocycles. The van der Waals surface area contributed by atoms with Crippen molar-refractivity contribution in [2.45, 2.75) is 45.1 Å². The quantitative estimate of drug-likeness (QED) is 0.800. The lowest BCUT2D eigenvalue weighted by atomic mass is 9.93. The van der Waals surface area contributed by atoms with Gasteiger partial charge in [0, 0.05) is 12.5 Å². The van der Waals surface area contributed by atoms with Crippen LogP contribution in [0.3, 0.4) is 0 Å². The third-order valence-electron chi connectivity index (χ3n) is 3.93. The molecule has 2 N–H and O–H groups in total. The van der Waals surface area contributed by atoms with Crippen LogP contribution in [0.5, 0.6) is 0 Å². The second-order valence-electron chi connectivity index (χ2n) is 6.26. The third kappa shape index (κ3) is 4.91. The molecule has 2 unspecified atom stereocenters. The van der Waals surface area contributed by atoms with Gasteiger partial charge in [0.05, 0.1) is 11.0 Å². The van der Waals surface area contributed by atoms with Gasteiger partial charge in [0.1, 0.15) is 0 Å². The molecular formula is C19H25NO2S. The fourth-order valence-electron chi connectivity index (χ4n) is 2.73. The second-order valence-corrected chi connectivity index (χ2v) is 7.18. The molecule has 0 saturated carbocycles. The Hall–Kier alpha value is -1.65. The number of hydrogen-bond acceptors (Lipinski definition) is 3. The third-order valence-corrected chi connectivity index (χ3v) is 4.86. The van der Waals surface area contributed by atoms with E-state index in [4.69, 9.17) is 0 Å². The number of carbonyl (C=O) groups excluding carboxylic acids is 1. The zero-order valence-corrected chi connectivity index (χ0v) is 14.8. The SMILES string of the molecule is CC(O)CC(CNC(=O)c1sccc1C(C)C)c1ccccc1. The zero-order chi connectivity index (χ0) is 16.8. The lowest BCUT2D eigenvalue weighted by molar-refractivity contribution is 0.0948. The fourth-order valence-corrected chi connectivity index (χ4v) is 3.70. The number of nitrogens with one attached hydrogen (secondary N) is 1. The first-order valence-corrected chi connectivity index (χ1v) is 8.95. The summed E-state index contributed by atoms with van der Waals surface area (Å²) in [6, 6.07) is 12.1. The van der Waals surface area contributed by atoms with E-state index in [1.807, 2.05) is 41.8 Å². The van der Waals surface area contributed by atoms with Crippen LogP contribution in [0.25, 0.3) is 0 Å². The van der Waals surface area contributed by atoms with E-state index in [9.17, 15) is 9.90 Å². The van der Waals surface area contributed by atoms with E-state index in [1.165, 1.54) is 11.3 Å². The maximum atomic E-state index is 12.5. The first-order chi connectivity index (χ1) is 11.0. The van der Waals surface area contributed by atoms with Crippen LogP contribution in [0.2, 0.25) is 0 Å². The highest BCUT2D eigenvalue weighted by Crippen LogP contribution is 2.25. The molecule has 0 spiro atoms. The number of rotatable bonds is 7. The predicted molar refractivity (Wildman–Crippen MR) is 96.2 cm³/mol. The van der Waals surface area contributed by atoms with Crippen LogP contribution in [-0.2, 0) is 0 Å². The average Bonchev–Trinajstić information content (AvgIpc) is 3.01. The highest BCUT2D eigenvalue weighted by atomic mass is 32.1. The molecule has 1 heterocycles. The molecule has 2 rings (SSSR count). The molecule has 124 valence electrons. The van der Waals surface area contributed by atoms with E-state index in [1.54, 1.807) is 6.92 Å². The van der Waals surface area contributed by atoms with Gasteiger partial charge in [-0.15, -0.1) is 11.3 Å². The van der Waals surface area contributed by atoms with Gasteiger partial charge in [0.25, 0.3) is 5.91 Å². The standard InChI is InChI=1S/C19H25NO2S/c1-13(2)17-9-10-23-18(17)19(22)20-12-16(11-14(3)21)15-7-5-4-6-8-15/h4-10,13-14,16,21H,11-12H2,1-3H3,(H,20,22). The Morgan fingerprint density at radius 3 is 2.48 bits per heavy atom. The van der Waals surface area contributed by atoms with Crippen LogP contribution < -0.4 is 5.32 Å². The van der Waals surface area contributed by atoms with Crippen LogP contribution >= 0.6 is 11.3 Å². The lowest BCUT2D eigenvalue weighted by Gasteiger charge is -2.20. The van der Waals surface area contributed by atoms with E-state index in [-0.39, 0.29) is 11.8 Å². The minimum absolute atomic E-state index is 0.0183. The normalized spacial score (nSPS) is 13.8. The Labute approximate surface area is 142 Å². The molecule has 0 aliphatic heterocycles. The molecule has 3 nitrogen and oxygen atoms in total. The van der Waals surface area contributed by atoms with E-state index in [2.05, 4.69) is 19.2 Å². The smallest absolute Gasteiger partial charge is 0.261 e. The monoisotopic (exact) mass is 331 g/mol. The summed E-state index contributed by atoms with van der Waals surface area (Å²) >= 11 is 1.49. The molecule has 1 aromatic heterocycles. The zero-order valence-electron chi connectivity index (χ0n) is 14.0. The summed E-state index contributed by atoms with van der Waals surface area (Å²) in [4.78, 5) is 13.3. The van der Waals surface area contributed by atoms with Crippen LogP contribution in [-0.4, -0.2) is 23.7 Å². The Morgan fingerprint density at radius 1 is 1.17 bits per heavy atom. The molecule has 0 bridgehead atoms. The highest BCUT2D eigenvalue weighted by molar-refractivity contribution is 7.12. The maximum absolute atomic E-state index is 12.5. The molecule has 23 heavy (non-hydrogen) atoms. The van der Waals surface area contributed by atoms with Crippen LogP contribution in [0.15, 0.2) is 41.8 Å². The van der Waals surface area contributed by atoms with Crippen molar-refractivity contribution < 1.29 is 9.90 Å². The topological polar surface area (TPSA) is 49.3 Å². The lowest BCUT2D eigenvalue weighted by Crippen LogP contribution is -2.29. The highest BCUT2D eigenvalue weighted by Gasteiger charge is 2.19. The van der Waals surface area contributed by atoms with Crippen LogP contribution in [0, 0.1) is 0 Å². The van der Waals surface area contributed by atoms with E-state index in [0.717, 1.165) is 16.0 Å². The average molecular weight is 331 g/mol. The molecule has 0 aliphatic carbocycles. The van der Waals surface area contributed by atoms with Crippen molar-refractivity contribution in [3.8, 4) is 0 Å². The van der Waals surface area contributed by atoms with Crippen molar-refractivity contribution in [1.82, 2.24) is 5.32 Å². The number of carbonyl (C=O) groups is 1. The predicted octanol–water partition coefficient (Wildman–Crippen LogP) is 4.16. The second kappa shape index (κ2) is 8.27. The number of aliphatic hydroxyl groups is 1. The molecule has 1 amide bonds. The number of benzene rings is 1. The Bertz CT molecular complexity index is 619. The van der Waals surface area contributed by atoms with Gasteiger partial charge in [0.2, 0.25) is 0 Å². The summed E-state index contributed by atoms with van der Waals surface area (Å²) < 4.78 is 0. The molecule has 2 atom stereocenters. The summed E-state index contributed by atoms with van der Waals surface area (Å²) in [6.07, 6.45) is 0.233. The number of amides is 1. The number of aliphatic hydroxyl groups excluding tert-OH is 1. The minimum Gasteiger partial charge on any atom is -0.393 e. The van der Waals surface area contributed by atoms with Crippen molar-refractivity contribution >= 4 is 17.2 Å². The summed E-state index contributed by atoms with van der Waals surface area (Å²) in [5.74, 6) is 0.433. The minimum atomic E-state index is -0.398. The van der Waals surface area contributed by atoms with Gasteiger partial charge in [-0.3, -0.25) is 4.79 Å². The number of hydrogen-bond donors (Lipinski definition) is 2. The van der Waals surface area contributed by atoms with Gasteiger partial charge in [-0.05, 0) is 41.8 Å². The van der Waals surface area contributed by atoms with Crippen LogP contribution in [0.4, 0.5) is 0 Å². The Morgan fingerprint density at radius 2 is 1.87 bits per heavy atom. The van der Waals surface area contributed by atoms with Gasteiger partial charge >= 0.3 is 0 Å².